The van der Waals surface area contributed by atoms with E-state index in [1.807, 2.05) is 24.3 Å². The highest BCUT2D eigenvalue weighted by atomic mass is 19.1. The minimum atomic E-state index is -1.16. The minimum Gasteiger partial charge on any atom is -0.503 e. The van der Waals surface area contributed by atoms with Crippen LogP contribution in [-0.2, 0) is 0 Å². The van der Waals surface area contributed by atoms with E-state index in [2.05, 4.69) is 10.2 Å². The van der Waals surface area contributed by atoms with Crippen molar-refractivity contribution < 1.29 is 23.4 Å². The van der Waals surface area contributed by atoms with Crippen LogP contribution >= 0.6 is 0 Å². The monoisotopic (exact) mass is 348 g/mol. The predicted octanol–water partition coefficient (Wildman–Crippen LogP) is 2.69. The molecular weight excluding hydrogens is 330 g/mol. The Kier molecular flexibility index (Phi) is 4.74. The molecule has 7 heteroatoms. The third-order valence-electron chi connectivity index (χ3n) is 4.23. The topological polar surface area (TPSA) is 61.8 Å². The van der Waals surface area contributed by atoms with Crippen LogP contribution < -0.4 is 15.0 Å². The number of hydrogen-bond acceptors (Lipinski definition) is 4. The molecule has 25 heavy (non-hydrogen) atoms. The first kappa shape index (κ1) is 17.0. The van der Waals surface area contributed by atoms with E-state index in [-0.39, 0.29) is 11.6 Å². The van der Waals surface area contributed by atoms with E-state index in [9.17, 15) is 13.6 Å². The van der Waals surface area contributed by atoms with Crippen molar-refractivity contribution in [3.8, 4) is 11.5 Å². The summed E-state index contributed by atoms with van der Waals surface area (Å²) in [4.78, 5) is 14.3. The van der Waals surface area contributed by atoms with Crippen LogP contribution in [0.15, 0.2) is 36.4 Å². The van der Waals surface area contributed by atoms with Crippen molar-refractivity contribution in [3.63, 3.8) is 0 Å². The van der Waals surface area contributed by atoms with Crippen molar-refractivity contribution in [2.45, 2.75) is 12.5 Å². The molecule has 2 aromatic rings. The molecule has 0 saturated carbocycles. The highest BCUT2D eigenvalue weighted by Gasteiger charge is 2.26. The van der Waals surface area contributed by atoms with Gasteiger partial charge in [-0.2, -0.15) is 0 Å². The highest BCUT2D eigenvalue weighted by Crippen LogP contribution is 2.30. The van der Waals surface area contributed by atoms with Gasteiger partial charge in [0.15, 0.2) is 17.4 Å². The molecule has 1 aliphatic rings. The Hall–Kier alpha value is -2.83. The second-order valence-electron chi connectivity index (χ2n) is 5.87. The molecule has 0 aliphatic carbocycles. The van der Waals surface area contributed by atoms with Crippen LogP contribution in [0.3, 0.4) is 0 Å². The first-order valence-electron chi connectivity index (χ1n) is 7.86. The molecule has 3 rings (SSSR count). The number of phenolic OH excluding ortho intramolecular Hbond substituents is 1. The second-order valence-corrected chi connectivity index (χ2v) is 5.87. The third-order valence-corrected chi connectivity index (χ3v) is 4.23. The summed E-state index contributed by atoms with van der Waals surface area (Å²) < 4.78 is 32.1. The van der Waals surface area contributed by atoms with Gasteiger partial charge in [0.25, 0.3) is 5.91 Å². The van der Waals surface area contributed by atoms with Crippen LogP contribution in [0.2, 0.25) is 0 Å². The van der Waals surface area contributed by atoms with E-state index >= 15 is 0 Å². The quantitative estimate of drug-likeness (QED) is 0.892. The Morgan fingerprint density at radius 1 is 1.28 bits per heavy atom. The molecule has 1 amide bonds. The van der Waals surface area contributed by atoms with E-state index in [1.54, 1.807) is 7.11 Å². The Morgan fingerprint density at radius 2 is 1.96 bits per heavy atom. The molecule has 0 aromatic heterocycles. The van der Waals surface area contributed by atoms with E-state index in [0.29, 0.717) is 13.0 Å². The Labute approximate surface area is 143 Å². The summed E-state index contributed by atoms with van der Waals surface area (Å²) in [5.41, 5.74) is 0.770. The molecule has 1 atom stereocenters. The number of benzene rings is 2. The van der Waals surface area contributed by atoms with Crippen LogP contribution in [0, 0.1) is 11.6 Å². The number of rotatable bonds is 4. The van der Waals surface area contributed by atoms with Gasteiger partial charge in [-0.3, -0.25) is 4.79 Å². The number of nitrogens with zero attached hydrogens (tertiary/aromatic N) is 1. The van der Waals surface area contributed by atoms with Gasteiger partial charge < -0.3 is 20.1 Å². The number of amides is 1. The van der Waals surface area contributed by atoms with Gasteiger partial charge in [-0.25, -0.2) is 8.78 Å². The first-order chi connectivity index (χ1) is 12.0. The zero-order valence-electron chi connectivity index (χ0n) is 13.6. The largest absolute Gasteiger partial charge is 0.503 e. The van der Waals surface area contributed by atoms with Gasteiger partial charge in [0.1, 0.15) is 5.75 Å². The molecule has 1 heterocycles. The fourth-order valence-electron chi connectivity index (χ4n) is 2.95. The van der Waals surface area contributed by atoms with E-state index in [0.717, 1.165) is 30.1 Å². The smallest absolute Gasteiger partial charge is 0.251 e. The summed E-state index contributed by atoms with van der Waals surface area (Å²) in [5, 5.41) is 11.9. The number of carbonyl (C=O) groups is 1. The van der Waals surface area contributed by atoms with Crippen molar-refractivity contribution >= 4 is 11.6 Å². The van der Waals surface area contributed by atoms with Crippen LogP contribution in [0.25, 0.3) is 0 Å². The Bertz CT molecular complexity index is 775. The lowest BCUT2D eigenvalue weighted by Gasteiger charge is -2.21. The molecule has 1 saturated heterocycles. The molecule has 0 bridgehead atoms. The van der Waals surface area contributed by atoms with Crippen molar-refractivity contribution in [3.05, 3.63) is 53.6 Å². The maximum absolute atomic E-state index is 13.4. The van der Waals surface area contributed by atoms with E-state index < -0.39 is 23.3 Å². The second kappa shape index (κ2) is 6.96. The summed E-state index contributed by atoms with van der Waals surface area (Å²) >= 11 is 0. The Balaban J connectivity index is 1.68. The summed E-state index contributed by atoms with van der Waals surface area (Å²) in [5.74, 6) is -3.24. The standard InChI is InChI=1S/C18H18F2N2O3/c1-25-16-5-3-2-4-15(16)22-7-6-12(10-22)21-18(24)11-8-13(19)17(23)14(20)9-11/h2-5,8-9,12,23H,6-7,10H2,1H3,(H,21,24)/t12-/m1/s1. The lowest BCUT2D eigenvalue weighted by Crippen LogP contribution is -2.37. The highest BCUT2D eigenvalue weighted by molar-refractivity contribution is 5.94. The van der Waals surface area contributed by atoms with E-state index in [4.69, 9.17) is 9.84 Å². The van der Waals surface area contributed by atoms with Crippen molar-refractivity contribution in [2.75, 3.05) is 25.1 Å². The number of nitrogens with one attached hydrogen (secondary N) is 1. The van der Waals surface area contributed by atoms with Crippen LogP contribution in [0.1, 0.15) is 16.8 Å². The number of aromatic hydroxyl groups is 1. The van der Waals surface area contributed by atoms with Gasteiger partial charge in [-0.1, -0.05) is 12.1 Å². The van der Waals surface area contributed by atoms with Gasteiger partial charge in [-0.15, -0.1) is 0 Å². The molecule has 2 aromatic carbocycles. The summed E-state index contributed by atoms with van der Waals surface area (Å²) in [7, 11) is 1.60. The lowest BCUT2D eigenvalue weighted by molar-refractivity contribution is 0.0939. The summed E-state index contributed by atoms with van der Waals surface area (Å²) in [6.45, 7) is 1.29. The fourth-order valence-corrected chi connectivity index (χ4v) is 2.95. The van der Waals surface area contributed by atoms with Gasteiger partial charge >= 0.3 is 0 Å². The van der Waals surface area contributed by atoms with Crippen molar-refractivity contribution in [2.24, 2.45) is 0 Å². The molecular formula is C18H18F2N2O3. The number of methoxy groups -OCH3 is 1. The maximum Gasteiger partial charge on any atom is 0.251 e. The van der Waals surface area contributed by atoms with Gasteiger partial charge in [0, 0.05) is 24.7 Å². The molecule has 0 spiro atoms. The molecule has 132 valence electrons. The zero-order valence-corrected chi connectivity index (χ0v) is 13.6. The predicted molar refractivity (Wildman–Crippen MR) is 89.1 cm³/mol. The number of phenols is 1. The number of carbonyl (C=O) groups excluding carboxylic acids is 1. The maximum atomic E-state index is 13.4. The van der Waals surface area contributed by atoms with Gasteiger partial charge in [-0.05, 0) is 30.7 Å². The van der Waals surface area contributed by atoms with Gasteiger partial charge in [0.05, 0.1) is 12.8 Å². The third kappa shape index (κ3) is 3.50. The number of anilines is 1. The molecule has 0 unspecified atom stereocenters. The number of halogens is 2. The molecule has 1 aliphatic heterocycles. The van der Waals surface area contributed by atoms with E-state index in [1.165, 1.54) is 0 Å². The Morgan fingerprint density at radius 3 is 2.64 bits per heavy atom. The average molecular weight is 348 g/mol. The van der Waals surface area contributed by atoms with Crippen LogP contribution in [0.5, 0.6) is 11.5 Å². The normalized spacial score (nSPS) is 16.8. The number of hydrogen-bond donors (Lipinski definition) is 2. The molecule has 5 nitrogen and oxygen atoms in total. The fraction of sp³-hybridized carbons (Fsp3) is 0.278. The first-order valence-corrected chi connectivity index (χ1v) is 7.86. The summed E-state index contributed by atoms with van der Waals surface area (Å²) in [6.07, 6.45) is 0.701. The average Bonchev–Trinajstić information content (AvgIpc) is 3.07. The minimum absolute atomic E-state index is 0.155. The SMILES string of the molecule is COc1ccccc1N1CC[C@@H](NC(=O)c2cc(F)c(O)c(F)c2)C1. The van der Waals surface area contributed by atoms with Crippen LogP contribution in [-0.4, -0.2) is 37.3 Å². The van der Waals surface area contributed by atoms with Gasteiger partial charge in [0.2, 0.25) is 0 Å². The summed E-state index contributed by atoms with van der Waals surface area (Å²) in [6, 6.07) is 9.08. The number of ether oxygens (including phenoxy) is 1. The zero-order chi connectivity index (χ0) is 18.0. The van der Waals surface area contributed by atoms with Crippen molar-refractivity contribution in [1.82, 2.24) is 5.32 Å². The molecule has 2 N–H and O–H groups in total. The van der Waals surface area contributed by atoms with Crippen molar-refractivity contribution in [1.29, 1.82) is 0 Å². The molecule has 1 fully saturated rings. The lowest BCUT2D eigenvalue weighted by atomic mass is 10.1. The molecule has 0 radical (unpaired) electrons. The number of para-hydroxylation sites is 2. The van der Waals surface area contributed by atoms with Crippen LogP contribution in [0.4, 0.5) is 14.5 Å².